The summed E-state index contributed by atoms with van der Waals surface area (Å²) in [5, 5.41) is 0. The van der Waals surface area contributed by atoms with E-state index in [2.05, 4.69) is 15.7 Å². The second-order valence-corrected chi connectivity index (χ2v) is 6.84. The third kappa shape index (κ3) is 2.92. The summed E-state index contributed by atoms with van der Waals surface area (Å²) in [7, 11) is 0. The number of likely N-dealkylation sites (tertiary alicyclic amines) is 1. The Morgan fingerprint density at radius 1 is 1.30 bits per heavy atom. The molecule has 2 aliphatic rings. The van der Waals surface area contributed by atoms with Crippen molar-refractivity contribution in [1.82, 2.24) is 14.5 Å². The molecule has 5 nitrogen and oxygen atoms in total. The number of nitrogens with zero attached hydrogens (tertiary/aromatic N) is 3. The van der Waals surface area contributed by atoms with Crippen LogP contribution in [0.5, 0.6) is 0 Å². The standard InChI is InChI=1S/C18H23N3O2/c22-18(16-6-10-23-13-16)21-8-2-5-15(12-21)17-19-7-9-20(17)11-14-3-1-4-14/h6-7,9-10,13-15H,1-5,8,11-12H2. The van der Waals surface area contributed by atoms with Crippen LogP contribution in [0.1, 0.15) is 54.2 Å². The molecular weight excluding hydrogens is 290 g/mol. The molecule has 0 radical (unpaired) electrons. The van der Waals surface area contributed by atoms with Gasteiger partial charge in [0, 0.05) is 37.9 Å². The van der Waals surface area contributed by atoms with E-state index in [0.717, 1.165) is 44.2 Å². The first kappa shape index (κ1) is 14.5. The van der Waals surface area contributed by atoms with Gasteiger partial charge in [0.25, 0.3) is 5.91 Å². The van der Waals surface area contributed by atoms with Crippen LogP contribution in [0.15, 0.2) is 35.4 Å². The lowest BCUT2D eigenvalue weighted by Gasteiger charge is -2.33. The van der Waals surface area contributed by atoms with E-state index in [1.54, 1.807) is 12.3 Å². The van der Waals surface area contributed by atoms with Gasteiger partial charge in [-0.1, -0.05) is 6.42 Å². The van der Waals surface area contributed by atoms with Crippen LogP contribution in [0, 0.1) is 5.92 Å². The lowest BCUT2D eigenvalue weighted by Crippen LogP contribution is -2.39. The van der Waals surface area contributed by atoms with Gasteiger partial charge in [-0.2, -0.15) is 0 Å². The van der Waals surface area contributed by atoms with Gasteiger partial charge < -0.3 is 13.9 Å². The van der Waals surface area contributed by atoms with Crippen molar-refractivity contribution >= 4 is 5.91 Å². The number of amides is 1. The summed E-state index contributed by atoms with van der Waals surface area (Å²) >= 11 is 0. The van der Waals surface area contributed by atoms with Crippen molar-refractivity contribution in [2.75, 3.05) is 13.1 Å². The summed E-state index contributed by atoms with van der Waals surface area (Å²) < 4.78 is 7.36. The topological polar surface area (TPSA) is 51.3 Å². The fraction of sp³-hybridized carbons (Fsp3) is 0.556. The second kappa shape index (κ2) is 6.22. The SMILES string of the molecule is O=C(c1ccoc1)N1CCCC(c2nccn2CC2CCC2)C1. The summed E-state index contributed by atoms with van der Waals surface area (Å²) in [4.78, 5) is 19.1. The molecule has 2 fully saturated rings. The second-order valence-electron chi connectivity index (χ2n) is 6.84. The van der Waals surface area contributed by atoms with Crippen molar-refractivity contribution in [2.24, 2.45) is 5.92 Å². The molecule has 2 aromatic heterocycles. The Hall–Kier alpha value is -2.04. The lowest BCUT2D eigenvalue weighted by atomic mass is 9.85. The van der Waals surface area contributed by atoms with Crippen LogP contribution < -0.4 is 0 Å². The molecule has 0 bridgehead atoms. The van der Waals surface area contributed by atoms with Gasteiger partial charge in [0.15, 0.2) is 0 Å². The van der Waals surface area contributed by atoms with Gasteiger partial charge in [-0.3, -0.25) is 4.79 Å². The molecule has 3 heterocycles. The van der Waals surface area contributed by atoms with Crippen LogP contribution in [0.3, 0.4) is 0 Å². The van der Waals surface area contributed by atoms with Gasteiger partial charge in [0.1, 0.15) is 12.1 Å². The van der Waals surface area contributed by atoms with Crippen molar-refractivity contribution in [3.05, 3.63) is 42.4 Å². The van der Waals surface area contributed by atoms with Crippen LogP contribution >= 0.6 is 0 Å². The zero-order chi connectivity index (χ0) is 15.6. The molecule has 1 aliphatic heterocycles. The highest BCUT2D eigenvalue weighted by Crippen LogP contribution is 2.31. The monoisotopic (exact) mass is 313 g/mol. The number of carbonyl (C=O) groups excluding carboxylic acids is 1. The van der Waals surface area contributed by atoms with Gasteiger partial charge in [0.2, 0.25) is 0 Å². The summed E-state index contributed by atoms with van der Waals surface area (Å²) in [5.41, 5.74) is 0.642. The van der Waals surface area contributed by atoms with Gasteiger partial charge >= 0.3 is 0 Å². The van der Waals surface area contributed by atoms with Gasteiger partial charge in [0.05, 0.1) is 11.8 Å². The van der Waals surface area contributed by atoms with Crippen molar-refractivity contribution in [2.45, 2.75) is 44.6 Å². The fourth-order valence-corrected chi connectivity index (χ4v) is 3.73. The first-order valence-electron chi connectivity index (χ1n) is 8.64. The van der Waals surface area contributed by atoms with E-state index in [1.807, 2.05) is 11.1 Å². The van der Waals surface area contributed by atoms with E-state index in [9.17, 15) is 4.79 Å². The minimum atomic E-state index is 0.0700. The largest absolute Gasteiger partial charge is 0.472 e. The van der Waals surface area contributed by atoms with Gasteiger partial charge in [-0.15, -0.1) is 0 Å². The van der Waals surface area contributed by atoms with Crippen LogP contribution in [0.25, 0.3) is 0 Å². The number of rotatable bonds is 4. The van der Waals surface area contributed by atoms with Crippen LogP contribution in [0.4, 0.5) is 0 Å². The first-order valence-corrected chi connectivity index (χ1v) is 8.64. The number of carbonyl (C=O) groups is 1. The Kier molecular flexibility index (Phi) is 3.93. The molecule has 0 spiro atoms. The average molecular weight is 313 g/mol. The van der Waals surface area contributed by atoms with Crippen LogP contribution in [-0.4, -0.2) is 33.4 Å². The number of hydrogen-bond donors (Lipinski definition) is 0. The molecule has 1 amide bonds. The normalized spacial score (nSPS) is 22.1. The lowest BCUT2D eigenvalue weighted by molar-refractivity contribution is 0.0702. The van der Waals surface area contributed by atoms with E-state index in [-0.39, 0.29) is 5.91 Å². The molecule has 0 N–H and O–H groups in total. The predicted molar refractivity (Wildman–Crippen MR) is 86.2 cm³/mol. The number of imidazole rings is 1. The Morgan fingerprint density at radius 2 is 2.22 bits per heavy atom. The molecule has 0 aromatic carbocycles. The van der Waals surface area contributed by atoms with E-state index in [4.69, 9.17) is 4.42 Å². The van der Waals surface area contributed by atoms with Crippen molar-refractivity contribution in [3.8, 4) is 0 Å². The summed E-state index contributed by atoms with van der Waals surface area (Å²) in [6.45, 7) is 2.66. The molecule has 1 atom stereocenters. The summed E-state index contributed by atoms with van der Waals surface area (Å²) in [5.74, 6) is 2.38. The molecule has 1 aliphatic carbocycles. The highest BCUT2D eigenvalue weighted by atomic mass is 16.3. The number of aromatic nitrogens is 2. The van der Waals surface area contributed by atoms with E-state index in [1.165, 1.54) is 25.5 Å². The molecule has 122 valence electrons. The maximum atomic E-state index is 12.5. The Labute approximate surface area is 136 Å². The third-order valence-corrected chi connectivity index (χ3v) is 5.27. The Bertz CT molecular complexity index is 658. The number of furan rings is 1. The van der Waals surface area contributed by atoms with Crippen molar-refractivity contribution < 1.29 is 9.21 Å². The van der Waals surface area contributed by atoms with Crippen molar-refractivity contribution in [3.63, 3.8) is 0 Å². The van der Waals surface area contributed by atoms with Crippen molar-refractivity contribution in [1.29, 1.82) is 0 Å². The highest BCUT2D eigenvalue weighted by Gasteiger charge is 2.29. The smallest absolute Gasteiger partial charge is 0.257 e. The molecular formula is C18H23N3O2. The molecule has 2 aromatic rings. The minimum Gasteiger partial charge on any atom is -0.472 e. The molecule has 23 heavy (non-hydrogen) atoms. The van der Waals surface area contributed by atoms with E-state index >= 15 is 0 Å². The van der Waals surface area contributed by atoms with E-state index in [0.29, 0.717) is 11.5 Å². The fourth-order valence-electron chi connectivity index (χ4n) is 3.73. The average Bonchev–Trinajstić information content (AvgIpc) is 3.21. The van der Waals surface area contributed by atoms with Gasteiger partial charge in [-0.25, -0.2) is 4.98 Å². The zero-order valence-electron chi connectivity index (χ0n) is 13.4. The van der Waals surface area contributed by atoms with Crippen LogP contribution in [-0.2, 0) is 6.54 Å². The molecule has 1 unspecified atom stereocenters. The van der Waals surface area contributed by atoms with Crippen LogP contribution in [0.2, 0.25) is 0 Å². The predicted octanol–water partition coefficient (Wildman–Crippen LogP) is 3.30. The summed E-state index contributed by atoms with van der Waals surface area (Å²) in [6, 6.07) is 1.74. The third-order valence-electron chi connectivity index (χ3n) is 5.27. The molecule has 1 saturated heterocycles. The maximum Gasteiger partial charge on any atom is 0.257 e. The molecule has 4 rings (SSSR count). The zero-order valence-corrected chi connectivity index (χ0v) is 13.4. The minimum absolute atomic E-state index is 0.0700. The Balaban J connectivity index is 1.47. The maximum absolute atomic E-state index is 12.5. The summed E-state index contributed by atoms with van der Waals surface area (Å²) in [6.07, 6.45) is 13.3. The Morgan fingerprint density at radius 3 is 2.96 bits per heavy atom. The quantitative estimate of drug-likeness (QED) is 0.870. The molecule has 1 saturated carbocycles. The number of hydrogen-bond acceptors (Lipinski definition) is 3. The van der Waals surface area contributed by atoms with E-state index < -0.39 is 0 Å². The number of piperidine rings is 1. The first-order chi connectivity index (χ1) is 11.3. The van der Waals surface area contributed by atoms with Gasteiger partial charge in [-0.05, 0) is 37.7 Å². The highest BCUT2D eigenvalue weighted by molar-refractivity contribution is 5.93. The molecule has 5 heteroatoms.